The summed E-state index contributed by atoms with van der Waals surface area (Å²) in [6.45, 7) is 0.762. The van der Waals surface area contributed by atoms with Crippen LogP contribution in [0.4, 0.5) is 0 Å². The number of ether oxygens (including phenoxy) is 1. The molecule has 0 saturated heterocycles. The van der Waals surface area contributed by atoms with Crippen LogP contribution in [-0.2, 0) is 18.4 Å². The van der Waals surface area contributed by atoms with Gasteiger partial charge < -0.3 is 14.4 Å². The molecular weight excluding hydrogens is 334 g/mol. The Kier molecular flexibility index (Phi) is 5.58. The summed E-state index contributed by atoms with van der Waals surface area (Å²) >= 11 is 7.35. The minimum absolute atomic E-state index is 0.295. The molecule has 1 saturated carbocycles. The fourth-order valence-corrected chi connectivity index (χ4v) is 3.21. The lowest BCUT2D eigenvalue weighted by Crippen LogP contribution is -2.18. The molecule has 1 N–H and O–H groups in total. The van der Waals surface area contributed by atoms with Crippen molar-refractivity contribution in [1.29, 1.82) is 0 Å². The van der Waals surface area contributed by atoms with Crippen LogP contribution in [0.1, 0.15) is 30.1 Å². The van der Waals surface area contributed by atoms with Crippen molar-refractivity contribution in [3.63, 3.8) is 0 Å². The number of rotatable bonds is 8. The smallest absolute Gasteiger partial charge is 0.191 e. The summed E-state index contributed by atoms with van der Waals surface area (Å²) in [4.78, 5) is 0. The normalized spacial score (nSPS) is 15.8. The van der Waals surface area contributed by atoms with Gasteiger partial charge in [0.15, 0.2) is 5.16 Å². The molecule has 0 radical (unpaired) electrons. The van der Waals surface area contributed by atoms with Gasteiger partial charge in [-0.15, -0.1) is 10.2 Å². The van der Waals surface area contributed by atoms with Crippen molar-refractivity contribution in [2.45, 2.75) is 36.6 Å². The van der Waals surface area contributed by atoms with Gasteiger partial charge in [0.05, 0.1) is 19.3 Å². The zero-order chi connectivity index (χ0) is 16.2. The highest BCUT2D eigenvalue weighted by Crippen LogP contribution is 2.39. The largest absolute Gasteiger partial charge is 0.390 e. The van der Waals surface area contributed by atoms with E-state index in [0.717, 1.165) is 16.5 Å². The van der Waals surface area contributed by atoms with Gasteiger partial charge in [-0.1, -0.05) is 35.5 Å². The third-order valence-corrected chi connectivity index (χ3v) is 5.13. The van der Waals surface area contributed by atoms with E-state index in [1.54, 1.807) is 0 Å². The van der Waals surface area contributed by atoms with E-state index < -0.39 is 6.10 Å². The van der Waals surface area contributed by atoms with E-state index in [1.807, 2.05) is 35.9 Å². The first kappa shape index (κ1) is 16.8. The van der Waals surface area contributed by atoms with Crippen molar-refractivity contribution in [3.8, 4) is 0 Å². The lowest BCUT2D eigenvalue weighted by atomic mass is 10.2. The zero-order valence-corrected chi connectivity index (χ0v) is 14.6. The standard InChI is InChI=1S/C16H20ClN3O2S/c1-20-15(12-4-5-12)18-19-16(20)23-10-14(21)9-22-8-11-2-6-13(17)7-3-11/h2-3,6-7,12,14,21H,4-5,8-10H2,1H3/t14-/m0/s1. The first-order valence-corrected chi connectivity index (χ1v) is 9.02. The average molecular weight is 354 g/mol. The average Bonchev–Trinajstić information content (AvgIpc) is 3.31. The van der Waals surface area contributed by atoms with Gasteiger partial charge in [0.2, 0.25) is 0 Å². The van der Waals surface area contributed by atoms with Crippen LogP contribution < -0.4 is 0 Å². The van der Waals surface area contributed by atoms with Crippen molar-refractivity contribution >= 4 is 23.4 Å². The number of aliphatic hydroxyl groups is 1. The molecule has 5 nitrogen and oxygen atoms in total. The Labute approximate surface area is 145 Å². The maximum Gasteiger partial charge on any atom is 0.191 e. The Morgan fingerprint density at radius 1 is 1.35 bits per heavy atom. The van der Waals surface area contributed by atoms with Crippen molar-refractivity contribution in [1.82, 2.24) is 14.8 Å². The van der Waals surface area contributed by atoms with Gasteiger partial charge in [0.25, 0.3) is 0 Å². The summed E-state index contributed by atoms with van der Waals surface area (Å²) in [6, 6.07) is 7.50. The lowest BCUT2D eigenvalue weighted by Gasteiger charge is -2.11. The van der Waals surface area contributed by atoms with Gasteiger partial charge in [-0.2, -0.15) is 0 Å². The van der Waals surface area contributed by atoms with E-state index in [2.05, 4.69) is 10.2 Å². The van der Waals surface area contributed by atoms with Crippen LogP contribution in [0.5, 0.6) is 0 Å². The molecule has 1 aromatic heterocycles. The Bertz CT molecular complexity index is 643. The molecule has 1 atom stereocenters. The molecular formula is C16H20ClN3O2S. The van der Waals surface area contributed by atoms with Crippen molar-refractivity contribution in [2.75, 3.05) is 12.4 Å². The molecule has 0 aliphatic heterocycles. The van der Waals surface area contributed by atoms with Gasteiger partial charge in [0, 0.05) is 23.7 Å². The number of hydrogen-bond acceptors (Lipinski definition) is 5. The Morgan fingerprint density at radius 3 is 2.78 bits per heavy atom. The number of benzene rings is 1. The van der Waals surface area contributed by atoms with Crippen LogP contribution in [0.15, 0.2) is 29.4 Å². The van der Waals surface area contributed by atoms with Gasteiger partial charge in [-0.3, -0.25) is 0 Å². The molecule has 7 heteroatoms. The predicted octanol–water partition coefficient (Wildman–Crippen LogP) is 3.02. The molecule has 1 aliphatic carbocycles. The Balaban J connectivity index is 1.39. The van der Waals surface area contributed by atoms with Crippen molar-refractivity contribution in [3.05, 3.63) is 40.7 Å². The number of hydrogen-bond donors (Lipinski definition) is 1. The van der Waals surface area contributed by atoms with E-state index in [-0.39, 0.29) is 0 Å². The van der Waals surface area contributed by atoms with Gasteiger partial charge in [0.1, 0.15) is 5.82 Å². The van der Waals surface area contributed by atoms with Crippen molar-refractivity contribution in [2.24, 2.45) is 7.05 Å². The van der Waals surface area contributed by atoms with Crippen LogP contribution in [0.25, 0.3) is 0 Å². The molecule has 0 spiro atoms. The summed E-state index contributed by atoms with van der Waals surface area (Å²) < 4.78 is 7.58. The fourth-order valence-electron chi connectivity index (χ4n) is 2.26. The molecule has 0 amide bonds. The monoisotopic (exact) mass is 353 g/mol. The second-order valence-corrected chi connectivity index (χ2v) is 7.20. The first-order valence-electron chi connectivity index (χ1n) is 7.66. The minimum atomic E-state index is -0.534. The quantitative estimate of drug-likeness (QED) is 0.739. The van der Waals surface area contributed by atoms with Crippen LogP contribution in [0.3, 0.4) is 0 Å². The van der Waals surface area contributed by atoms with Gasteiger partial charge >= 0.3 is 0 Å². The van der Waals surface area contributed by atoms with Crippen LogP contribution in [-0.4, -0.2) is 38.3 Å². The highest BCUT2D eigenvalue weighted by molar-refractivity contribution is 7.99. The van der Waals surface area contributed by atoms with E-state index in [0.29, 0.717) is 29.9 Å². The van der Waals surface area contributed by atoms with Crippen molar-refractivity contribution < 1.29 is 9.84 Å². The van der Waals surface area contributed by atoms with E-state index >= 15 is 0 Å². The van der Waals surface area contributed by atoms with Crippen LogP contribution >= 0.6 is 23.4 Å². The fraction of sp³-hybridized carbons (Fsp3) is 0.500. The third-order valence-electron chi connectivity index (χ3n) is 3.71. The summed E-state index contributed by atoms with van der Waals surface area (Å²) in [7, 11) is 1.99. The molecule has 1 aliphatic rings. The minimum Gasteiger partial charge on any atom is -0.390 e. The maximum atomic E-state index is 10.0. The van der Waals surface area contributed by atoms with E-state index in [4.69, 9.17) is 16.3 Å². The molecule has 0 unspecified atom stereocenters. The zero-order valence-electron chi connectivity index (χ0n) is 13.0. The summed E-state index contributed by atoms with van der Waals surface area (Å²) in [5, 5.41) is 20.0. The van der Waals surface area contributed by atoms with Crippen LogP contribution in [0, 0.1) is 0 Å². The van der Waals surface area contributed by atoms with Crippen LogP contribution in [0.2, 0.25) is 5.02 Å². The maximum absolute atomic E-state index is 10.0. The molecule has 23 heavy (non-hydrogen) atoms. The predicted molar refractivity (Wildman–Crippen MR) is 90.8 cm³/mol. The second kappa shape index (κ2) is 7.66. The summed E-state index contributed by atoms with van der Waals surface area (Å²) in [5.41, 5.74) is 1.04. The van der Waals surface area contributed by atoms with Gasteiger partial charge in [-0.05, 0) is 30.5 Å². The highest BCUT2D eigenvalue weighted by Gasteiger charge is 2.29. The Morgan fingerprint density at radius 2 is 2.09 bits per heavy atom. The molecule has 2 aromatic rings. The molecule has 1 fully saturated rings. The summed E-state index contributed by atoms with van der Waals surface area (Å²) in [6.07, 6.45) is 1.88. The lowest BCUT2D eigenvalue weighted by molar-refractivity contribution is 0.0397. The molecule has 3 rings (SSSR count). The molecule has 0 bridgehead atoms. The Hall–Kier alpha value is -1.08. The van der Waals surface area contributed by atoms with E-state index in [1.165, 1.54) is 24.6 Å². The number of nitrogens with zero attached hydrogens (tertiary/aromatic N) is 3. The molecule has 1 heterocycles. The topological polar surface area (TPSA) is 60.2 Å². The molecule has 124 valence electrons. The molecule has 1 aromatic carbocycles. The van der Waals surface area contributed by atoms with Gasteiger partial charge in [-0.25, -0.2) is 0 Å². The van der Waals surface area contributed by atoms with E-state index in [9.17, 15) is 5.11 Å². The number of aliphatic hydroxyl groups excluding tert-OH is 1. The second-order valence-electron chi connectivity index (χ2n) is 5.78. The summed E-state index contributed by atoms with van der Waals surface area (Å²) in [5.74, 6) is 2.17. The SMILES string of the molecule is Cn1c(SC[C@@H](O)COCc2ccc(Cl)cc2)nnc1C1CC1. The number of aromatic nitrogens is 3. The number of halogens is 1. The third kappa shape index (κ3) is 4.70. The first-order chi connectivity index (χ1) is 11.1. The highest BCUT2D eigenvalue weighted by atomic mass is 35.5. The number of thioether (sulfide) groups is 1.